The number of halogens is 1. The van der Waals surface area contributed by atoms with E-state index >= 15 is 4.39 Å². The number of hydrogen-bond acceptors (Lipinski definition) is 5. The van der Waals surface area contributed by atoms with Gasteiger partial charge >= 0.3 is 0 Å². The Balaban J connectivity index is 2.01. The maximum absolute atomic E-state index is 15.1. The molecule has 1 aliphatic rings. The molecule has 0 amide bonds. The van der Waals surface area contributed by atoms with Gasteiger partial charge in [0, 0.05) is 50.3 Å². The molecule has 0 spiro atoms. The predicted octanol–water partition coefficient (Wildman–Crippen LogP) is 8.30. The normalized spacial score (nSPS) is 17.9. The lowest BCUT2D eigenvalue weighted by Crippen LogP contribution is -2.17. The van der Waals surface area contributed by atoms with Crippen molar-refractivity contribution in [3.05, 3.63) is 102 Å². The van der Waals surface area contributed by atoms with Crippen molar-refractivity contribution in [2.24, 2.45) is 10.9 Å². The number of carbonyl (C=O) groups excluding carboxylic acids is 1. The Kier molecular flexibility index (Phi) is 11.7. The Morgan fingerprint density at radius 1 is 1.21 bits per heavy atom. The van der Waals surface area contributed by atoms with Crippen LogP contribution in [0.25, 0.3) is 22.4 Å². The van der Waals surface area contributed by atoms with Gasteiger partial charge in [-0.15, -0.1) is 0 Å². The number of pyridine rings is 1. The van der Waals surface area contributed by atoms with E-state index in [1.165, 1.54) is 6.92 Å². The summed E-state index contributed by atoms with van der Waals surface area (Å²) < 4.78 is 15.1. The first-order valence-electron chi connectivity index (χ1n) is 14.4. The van der Waals surface area contributed by atoms with Crippen molar-refractivity contribution >= 4 is 28.9 Å². The molecule has 0 fully saturated rings. The van der Waals surface area contributed by atoms with Crippen molar-refractivity contribution < 1.29 is 9.18 Å². The van der Waals surface area contributed by atoms with E-state index in [0.29, 0.717) is 42.7 Å². The smallest absolute Gasteiger partial charge is 0.155 e. The van der Waals surface area contributed by atoms with Crippen molar-refractivity contribution in [3.63, 3.8) is 0 Å². The minimum absolute atomic E-state index is 0.0113. The molecule has 0 radical (unpaired) electrons. The van der Waals surface area contributed by atoms with E-state index in [4.69, 9.17) is 10.4 Å². The number of ketones is 1. The highest BCUT2D eigenvalue weighted by molar-refractivity contribution is 6.15. The van der Waals surface area contributed by atoms with Crippen molar-refractivity contribution in [1.82, 2.24) is 9.88 Å². The number of hydrogen-bond donors (Lipinski definition) is 1. The van der Waals surface area contributed by atoms with Gasteiger partial charge in [0.05, 0.1) is 17.1 Å². The van der Waals surface area contributed by atoms with Crippen molar-refractivity contribution in [1.29, 1.82) is 5.41 Å². The van der Waals surface area contributed by atoms with Gasteiger partial charge in [-0.3, -0.25) is 9.79 Å². The molecule has 2 atom stereocenters. The van der Waals surface area contributed by atoms with Crippen LogP contribution >= 0.6 is 0 Å². The van der Waals surface area contributed by atoms with E-state index in [1.54, 1.807) is 19.3 Å². The Morgan fingerprint density at radius 3 is 2.62 bits per heavy atom. The summed E-state index contributed by atoms with van der Waals surface area (Å²) in [5.74, 6) is -0.206. The molecule has 3 rings (SSSR count). The zero-order chi connectivity index (χ0) is 30.8. The molecule has 0 bridgehead atoms. The summed E-state index contributed by atoms with van der Waals surface area (Å²) in [4.78, 5) is 23.1. The van der Waals surface area contributed by atoms with Gasteiger partial charge in [-0.25, -0.2) is 9.37 Å². The summed E-state index contributed by atoms with van der Waals surface area (Å²) in [6, 6.07) is 12.0. The number of Topliss-reactive ketones (excluding diaryl/α,β-unsaturated/α-hetero) is 1. The summed E-state index contributed by atoms with van der Waals surface area (Å²) in [6.07, 6.45) is 10.6. The maximum atomic E-state index is 15.1. The number of alkyl halides is 1. The van der Waals surface area contributed by atoms with Crippen LogP contribution in [0.3, 0.4) is 0 Å². The van der Waals surface area contributed by atoms with Gasteiger partial charge in [-0.05, 0) is 86.8 Å². The lowest BCUT2D eigenvalue weighted by molar-refractivity contribution is -0.113. The first-order valence-corrected chi connectivity index (χ1v) is 14.4. The standard InChI is InChI=1S/C36H43FN4O/c1-8-26(23-41(6)7)29-10-9-11-30(21-29)35-19-16-32(31(22-39-5)20-24(2)3)36(40-35)34(38)18-15-28-13-12-27(25(4)42)14-17-33(28)37/h8-11,14,16,19-23,28,33,38H,1-2,12-13,15,17-18H2,3-7H3/b26-23+,31-20+,38-34?,39-22-. The second-order valence-electron chi connectivity index (χ2n) is 11.1. The Bertz CT molecular complexity index is 1460. The number of aromatic nitrogens is 1. The molecule has 1 N–H and O–H groups in total. The lowest BCUT2D eigenvalue weighted by atomic mass is 9.89. The van der Waals surface area contributed by atoms with E-state index in [2.05, 4.69) is 24.2 Å². The summed E-state index contributed by atoms with van der Waals surface area (Å²) in [5.41, 5.74) is 7.72. The molecule has 0 aliphatic heterocycles. The summed E-state index contributed by atoms with van der Waals surface area (Å²) in [5, 5.41) is 9.13. The second-order valence-corrected chi connectivity index (χ2v) is 11.1. The number of aliphatic imine (C=N–C) groups is 1. The van der Waals surface area contributed by atoms with Gasteiger partial charge < -0.3 is 10.3 Å². The number of rotatable bonds is 12. The van der Waals surface area contributed by atoms with Crippen molar-refractivity contribution in [3.8, 4) is 11.3 Å². The van der Waals surface area contributed by atoms with E-state index in [9.17, 15) is 4.79 Å². The fourth-order valence-corrected chi connectivity index (χ4v) is 5.22. The van der Waals surface area contributed by atoms with Crippen LogP contribution in [0.15, 0.2) is 90.1 Å². The van der Waals surface area contributed by atoms with E-state index in [0.717, 1.165) is 39.1 Å². The molecule has 2 unspecified atom stereocenters. The van der Waals surface area contributed by atoms with Gasteiger partial charge in [0.25, 0.3) is 0 Å². The number of allylic oxidation sites excluding steroid dienone is 7. The SMILES string of the molecule is C=C/C(=C\N(C)C)c1cccc(-c2ccc(C(/C=N\C)=C/C(=C)C)c(C(=N)CCC3CCC(C(C)=O)=CCC3F)n2)c1. The summed E-state index contributed by atoms with van der Waals surface area (Å²) in [7, 11) is 5.65. The minimum Gasteiger partial charge on any atom is -0.383 e. The lowest BCUT2D eigenvalue weighted by Gasteiger charge is -2.19. The maximum Gasteiger partial charge on any atom is 0.155 e. The first kappa shape index (κ1) is 32.3. The molecule has 42 heavy (non-hydrogen) atoms. The van der Waals surface area contributed by atoms with Crippen molar-refractivity contribution in [2.75, 3.05) is 21.1 Å². The summed E-state index contributed by atoms with van der Waals surface area (Å²) >= 11 is 0. The van der Waals surface area contributed by atoms with Crippen LogP contribution in [0.4, 0.5) is 4.39 Å². The first-order chi connectivity index (χ1) is 20.0. The molecule has 1 aromatic heterocycles. The van der Waals surface area contributed by atoms with Gasteiger partial charge in [0.15, 0.2) is 5.78 Å². The number of carbonyl (C=O) groups is 1. The van der Waals surface area contributed by atoms with Crippen LogP contribution in [0.5, 0.6) is 0 Å². The Labute approximate surface area is 250 Å². The highest BCUT2D eigenvalue weighted by atomic mass is 19.1. The molecule has 1 heterocycles. The third-order valence-electron chi connectivity index (χ3n) is 7.37. The molecule has 6 heteroatoms. The minimum atomic E-state index is -1.03. The molecular formula is C36H43FN4O. The number of nitrogens with zero attached hydrogens (tertiary/aromatic N) is 3. The molecule has 0 saturated heterocycles. The average Bonchev–Trinajstić information content (AvgIpc) is 3.15. The third-order valence-corrected chi connectivity index (χ3v) is 7.37. The molecule has 0 saturated carbocycles. The van der Waals surface area contributed by atoms with Gasteiger partial charge in [-0.2, -0.15) is 0 Å². The number of nitrogens with one attached hydrogen (secondary N) is 1. The van der Waals surface area contributed by atoms with Crippen LogP contribution in [-0.2, 0) is 4.79 Å². The number of benzene rings is 1. The molecule has 5 nitrogen and oxygen atoms in total. The van der Waals surface area contributed by atoms with Crippen LogP contribution in [0.1, 0.15) is 62.8 Å². The topological polar surface area (TPSA) is 69.4 Å². The monoisotopic (exact) mass is 566 g/mol. The zero-order valence-electron chi connectivity index (χ0n) is 25.6. The average molecular weight is 567 g/mol. The Hall–Kier alpha value is -4.19. The predicted molar refractivity (Wildman–Crippen MR) is 176 cm³/mol. The fourth-order valence-electron chi connectivity index (χ4n) is 5.22. The third kappa shape index (κ3) is 8.65. The Morgan fingerprint density at radius 2 is 1.98 bits per heavy atom. The zero-order valence-corrected chi connectivity index (χ0v) is 25.6. The van der Waals surface area contributed by atoms with Crippen molar-refractivity contribution in [2.45, 2.75) is 52.1 Å². The molecule has 1 aliphatic carbocycles. The van der Waals surface area contributed by atoms with Crippen LogP contribution < -0.4 is 0 Å². The molecule has 2 aromatic rings. The summed E-state index contributed by atoms with van der Waals surface area (Å²) in [6.45, 7) is 11.5. The van der Waals surface area contributed by atoms with E-state index < -0.39 is 6.17 Å². The largest absolute Gasteiger partial charge is 0.383 e. The van der Waals surface area contributed by atoms with E-state index in [-0.39, 0.29) is 18.1 Å². The van der Waals surface area contributed by atoms with Crippen LogP contribution in [0, 0.1) is 11.3 Å². The fraction of sp³-hybridized carbons (Fsp3) is 0.333. The molecule has 1 aromatic carbocycles. The highest BCUT2D eigenvalue weighted by Crippen LogP contribution is 2.32. The van der Waals surface area contributed by atoms with Crippen LogP contribution in [-0.4, -0.2) is 54.9 Å². The molecule has 220 valence electrons. The quantitative estimate of drug-likeness (QED) is 0.208. The van der Waals surface area contributed by atoms with Crippen LogP contribution in [0.2, 0.25) is 0 Å². The van der Waals surface area contributed by atoms with E-state index in [1.807, 2.05) is 74.6 Å². The van der Waals surface area contributed by atoms with Gasteiger partial charge in [0.2, 0.25) is 0 Å². The molecular weight excluding hydrogens is 523 g/mol. The van der Waals surface area contributed by atoms with Gasteiger partial charge in [0.1, 0.15) is 6.17 Å². The van der Waals surface area contributed by atoms with Gasteiger partial charge in [-0.1, -0.05) is 55.2 Å². The highest BCUT2D eigenvalue weighted by Gasteiger charge is 2.25. The second kappa shape index (κ2) is 15.2.